The first-order valence-electron chi connectivity index (χ1n) is 9.53. The number of hydrogen-bond donors (Lipinski definition) is 1. The molecule has 1 saturated heterocycles. The quantitative estimate of drug-likeness (QED) is 0.730. The van der Waals surface area contributed by atoms with Crippen LogP contribution in [0, 0.1) is 11.8 Å². The standard InChI is InChI=1S/C21H36N2O/c1-17(2)9-11-22-12-14-23-13-10-21(4,18(3)16-23)19-7-6-8-20(15-19)24-5/h6-8,15,17-18,22H,9-14,16H2,1-5H3/t18-,21+/m0/s1. The number of likely N-dealkylation sites (tertiary alicyclic amines) is 1. The molecule has 0 aliphatic carbocycles. The van der Waals surface area contributed by atoms with Crippen LogP contribution in [-0.4, -0.2) is 44.7 Å². The van der Waals surface area contributed by atoms with Crippen LogP contribution in [0.4, 0.5) is 0 Å². The fourth-order valence-corrected chi connectivity index (χ4v) is 3.68. The van der Waals surface area contributed by atoms with Gasteiger partial charge in [-0.25, -0.2) is 0 Å². The number of piperidine rings is 1. The molecular formula is C21H36N2O. The van der Waals surface area contributed by atoms with Crippen molar-refractivity contribution in [2.75, 3.05) is 39.8 Å². The molecule has 2 rings (SSSR count). The maximum atomic E-state index is 5.42. The van der Waals surface area contributed by atoms with Crippen LogP contribution in [0.1, 0.15) is 46.1 Å². The van der Waals surface area contributed by atoms with Gasteiger partial charge in [-0.3, -0.25) is 0 Å². The van der Waals surface area contributed by atoms with Crippen molar-refractivity contribution in [2.24, 2.45) is 11.8 Å². The summed E-state index contributed by atoms with van der Waals surface area (Å²) in [7, 11) is 1.75. The van der Waals surface area contributed by atoms with Crippen molar-refractivity contribution in [3.63, 3.8) is 0 Å². The van der Waals surface area contributed by atoms with E-state index in [0.29, 0.717) is 5.92 Å². The Bertz CT molecular complexity index is 502. The lowest BCUT2D eigenvalue weighted by atomic mass is 9.68. The molecule has 1 fully saturated rings. The van der Waals surface area contributed by atoms with Gasteiger partial charge < -0.3 is 15.0 Å². The SMILES string of the molecule is COc1cccc([C@]2(C)CCN(CCNCCC(C)C)C[C@@H]2C)c1. The van der Waals surface area contributed by atoms with E-state index in [1.165, 1.54) is 31.5 Å². The highest BCUT2D eigenvalue weighted by Gasteiger charge is 2.37. The monoisotopic (exact) mass is 332 g/mol. The minimum Gasteiger partial charge on any atom is -0.497 e. The minimum absolute atomic E-state index is 0.246. The average Bonchev–Trinajstić information content (AvgIpc) is 2.57. The molecule has 24 heavy (non-hydrogen) atoms. The first-order valence-corrected chi connectivity index (χ1v) is 9.53. The molecule has 3 nitrogen and oxygen atoms in total. The summed E-state index contributed by atoms with van der Waals surface area (Å²) in [6, 6.07) is 8.65. The highest BCUT2D eigenvalue weighted by atomic mass is 16.5. The molecular weight excluding hydrogens is 296 g/mol. The van der Waals surface area contributed by atoms with Crippen molar-refractivity contribution in [1.82, 2.24) is 10.2 Å². The van der Waals surface area contributed by atoms with E-state index < -0.39 is 0 Å². The van der Waals surface area contributed by atoms with Gasteiger partial charge in [-0.1, -0.05) is 39.8 Å². The largest absolute Gasteiger partial charge is 0.497 e. The Morgan fingerprint density at radius 3 is 2.79 bits per heavy atom. The smallest absolute Gasteiger partial charge is 0.119 e. The summed E-state index contributed by atoms with van der Waals surface area (Å²) < 4.78 is 5.42. The van der Waals surface area contributed by atoms with Gasteiger partial charge in [0.2, 0.25) is 0 Å². The summed E-state index contributed by atoms with van der Waals surface area (Å²) in [6.45, 7) is 15.2. The van der Waals surface area contributed by atoms with Gasteiger partial charge in [0.05, 0.1) is 7.11 Å². The number of nitrogens with one attached hydrogen (secondary N) is 1. The van der Waals surface area contributed by atoms with Crippen molar-refractivity contribution in [2.45, 2.75) is 46.0 Å². The molecule has 1 aromatic carbocycles. The van der Waals surface area contributed by atoms with Crippen molar-refractivity contribution in [3.8, 4) is 5.75 Å². The second-order valence-corrected chi connectivity index (χ2v) is 8.03. The molecule has 0 aromatic heterocycles. The summed E-state index contributed by atoms with van der Waals surface area (Å²) in [5.74, 6) is 2.41. The Balaban J connectivity index is 1.85. The van der Waals surface area contributed by atoms with Gasteiger partial charge in [0.25, 0.3) is 0 Å². The van der Waals surface area contributed by atoms with Crippen LogP contribution in [0.25, 0.3) is 0 Å². The molecule has 1 aliphatic heterocycles. The van der Waals surface area contributed by atoms with Crippen molar-refractivity contribution >= 4 is 0 Å². The Labute approximate surface area is 148 Å². The van der Waals surface area contributed by atoms with Crippen molar-refractivity contribution in [1.29, 1.82) is 0 Å². The van der Waals surface area contributed by atoms with Crippen LogP contribution in [0.15, 0.2) is 24.3 Å². The summed E-state index contributed by atoms with van der Waals surface area (Å²) in [5.41, 5.74) is 1.67. The zero-order valence-corrected chi connectivity index (χ0v) is 16.3. The lowest BCUT2D eigenvalue weighted by molar-refractivity contribution is 0.112. The predicted molar refractivity (Wildman–Crippen MR) is 103 cm³/mol. The second kappa shape index (κ2) is 8.87. The molecule has 1 N–H and O–H groups in total. The van der Waals surface area contributed by atoms with E-state index >= 15 is 0 Å². The normalized spacial score (nSPS) is 25.2. The molecule has 0 amide bonds. The Kier molecular flexibility index (Phi) is 7.12. The molecule has 1 heterocycles. The summed E-state index contributed by atoms with van der Waals surface area (Å²) in [4.78, 5) is 2.62. The van der Waals surface area contributed by atoms with E-state index in [1.54, 1.807) is 7.11 Å². The molecule has 0 saturated carbocycles. The highest BCUT2D eigenvalue weighted by molar-refractivity contribution is 5.34. The topological polar surface area (TPSA) is 24.5 Å². The number of nitrogens with zero attached hydrogens (tertiary/aromatic N) is 1. The molecule has 1 aromatic rings. The number of methoxy groups -OCH3 is 1. The Hall–Kier alpha value is -1.06. The van der Waals surface area contributed by atoms with E-state index in [4.69, 9.17) is 4.74 Å². The molecule has 1 aliphatic rings. The van der Waals surface area contributed by atoms with Crippen LogP contribution in [0.3, 0.4) is 0 Å². The highest BCUT2D eigenvalue weighted by Crippen LogP contribution is 2.40. The molecule has 2 atom stereocenters. The lowest BCUT2D eigenvalue weighted by Gasteiger charge is -2.45. The fourth-order valence-electron chi connectivity index (χ4n) is 3.68. The van der Waals surface area contributed by atoms with Crippen LogP contribution < -0.4 is 10.1 Å². The van der Waals surface area contributed by atoms with Crippen LogP contribution in [0.2, 0.25) is 0 Å². The predicted octanol–water partition coefficient (Wildman–Crippen LogP) is 3.93. The first kappa shape index (κ1) is 19.3. The van der Waals surface area contributed by atoms with Crippen LogP contribution in [-0.2, 0) is 5.41 Å². The Morgan fingerprint density at radius 1 is 1.33 bits per heavy atom. The van der Waals surface area contributed by atoms with Gasteiger partial charge in [0, 0.05) is 19.6 Å². The number of hydrogen-bond acceptors (Lipinski definition) is 3. The average molecular weight is 333 g/mol. The number of rotatable bonds is 8. The lowest BCUT2D eigenvalue weighted by Crippen LogP contribution is -2.48. The Morgan fingerprint density at radius 2 is 2.12 bits per heavy atom. The molecule has 0 bridgehead atoms. The number of ether oxygens (including phenoxy) is 1. The summed E-state index contributed by atoms with van der Waals surface area (Å²) >= 11 is 0. The van der Waals surface area contributed by atoms with Gasteiger partial charge in [-0.2, -0.15) is 0 Å². The molecule has 136 valence electrons. The molecule has 3 heteroatoms. The van der Waals surface area contributed by atoms with Crippen molar-refractivity contribution in [3.05, 3.63) is 29.8 Å². The molecule has 0 unspecified atom stereocenters. The van der Waals surface area contributed by atoms with Gasteiger partial charge in [0.1, 0.15) is 5.75 Å². The molecule has 0 radical (unpaired) electrons. The third-order valence-electron chi connectivity index (χ3n) is 5.80. The van der Waals surface area contributed by atoms with E-state index in [1.807, 2.05) is 6.07 Å². The maximum Gasteiger partial charge on any atom is 0.119 e. The van der Waals surface area contributed by atoms with E-state index in [0.717, 1.165) is 31.3 Å². The van der Waals surface area contributed by atoms with E-state index in [-0.39, 0.29) is 5.41 Å². The maximum absolute atomic E-state index is 5.42. The zero-order chi connectivity index (χ0) is 17.6. The fraction of sp³-hybridized carbons (Fsp3) is 0.714. The van der Waals surface area contributed by atoms with Crippen LogP contribution in [0.5, 0.6) is 5.75 Å². The van der Waals surface area contributed by atoms with Gasteiger partial charge in [-0.05, 0) is 60.9 Å². The number of benzene rings is 1. The first-order chi connectivity index (χ1) is 11.5. The van der Waals surface area contributed by atoms with E-state index in [9.17, 15) is 0 Å². The van der Waals surface area contributed by atoms with Gasteiger partial charge in [-0.15, -0.1) is 0 Å². The van der Waals surface area contributed by atoms with Crippen LogP contribution >= 0.6 is 0 Å². The van der Waals surface area contributed by atoms with Gasteiger partial charge >= 0.3 is 0 Å². The third-order valence-corrected chi connectivity index (χ3v) is 5.80. The summed E-state index contributed by atoms with van der Waals surface area (Å²) in [5, 5.41) is 3.59. The summed E-state index contributed by atoms with van der Waals surface area (Å²) in [6.07, 6.45) is 2.48. The molecule has 0 spiro atoms. The van der Waals surface area contributed by atoms with E-state index in [2.05, 4.69) is 56.1 Å². The zero-order valence-electron chi connectivity index (χ0n) is 16.3. The van der Waals surface area contributed by atoms with Crippen molar-refractivity contribution < 1.29 is 4.74 Å². The van der Waals surface area contributed by atoms with Gasteiger partial charge in [0.15, 0.2) is 0 Å². The second-order valence-electron chi connectivity index (χ2n) is 8.03. The third kappa shape index (κ3) is 4.97. The minimum atomic E-state index is 0.246.